The highest BCUT2D eigenvalue weighted by Gasteiger charge is 2.27. The van der Waals surface area contributed by atoms with E-state index in [1.165, 1.54) is 0 Å². The minimum absolute atomic E-state index is 0.0134. The van der Waals surface area contributed by atoms with Crippen molar-refractivity contribution in [3.8, 4) is 10.6 Å². The summed E-state index contributed by atoms with van der Waals surface area (Å²) in [4.78, 5) is 17.0. The van der Waals surface area contributed by atoms with Gasteiger partial charge in [0.25, 0.3) is 5.91 Å². The Morgan fingerprint density at radius 2 is 2.32 bits per heavy atom. The molecule has 0 aliphatic heterocycles. The van der Waals surface area contributed by atoms with Crippen molar-refractivity contribution in [3.05, 3.63) is 40.9 Å². The fourth-order valence-corrected chi connectivity index (χ4v) is 3.84. The first-order valence-corrected chi connectivity index (χ1v) is 8.59. The second kappa shape index (κ2) is 6.58. The summed E-state index contributed by atoms with van der Waals surface area (Å²) in [6.07, 6.45) is 3.28. The van der Waals surface area contributed by atoms with Crippen LogP contribution in [0.5, 0.6) is 0 Å². The van der Waals surface area contributed by atoms with Gasteiger partial charge in [0.15, 0.2) is 0 Å². The van der Waals surface area contributed by atoms with Crippen molar-refractivity contribution < 1.29 is 4.79 Å². The molecule has 22 heavy (non-hydrogen) atoms. The third-order valence-corrected chi connectivity index (χ3v) is 5.28. The molecule has 3 rings (SSSR count). The van der Waals surface area contributed by atoms with Gasteiger partial charge in [-0.25, -0.2) is 4.98 Å². The maximum atomic E-state index is 12.5. The molecule has 2 atom stereocenters. The van der Waals surface area contributed by atoms with Gasteiger partial charge in [-0.15, -0.1) is 11.3 Å². The lowest BCUT2D eigenvalue weighted by Gasteiger charge is -2.19. The fourth-order valence-electron chi connectivity index (χ4n) is 3.04. The maximum Gasteiger partial charge on any atom is 0.251 e. The number of aryl methyl sites for hydroxylation is 1. The summed E-state index contributed by atoms with van der Waals surface area (Å²) < 4.78 is 0. The summed E-state index contributed by atoms with van der Waals surface area (Å²) in [7, 11) is 0. The molecule has 0 saturated heterocycles. The molecular formula is C17H21N3OS. The van der Waals surface area contributed by atoms with Gasteiger partial charge in [-0.3, -0.25) is 4.79 Å². The molecule has 1 heterocycles. The van der Waals surface area contributed by atoms with E-state index in [2.05, 4.69) is 10.3 Å². The predicted molar refractivity (Wildman–Crippen MR) is 89.9 cm³/mol. The summed E-state index contributed by atoms with van der Waals surface area (Å²) in [5.41, 5.74) is 8.47. The average Bonchev–Trinajstić information content (AvgIpc) is 3.16. The lowest BCUT2D eigenvalue weighted by Crippen LogP contribution is -2.39. The van der Waals surface area contributed by atoms with Crippen molar-refractivity contribution in [2.75, 3.05) is 6.54 Å². The average molecular weight is 315 g/mol. The third-order valence-electron chi connectivity index (χ3n) is 4.27. The Bertz CT molecular complexity index is 667. The van der Waals surface area contributed by atoms with Crippen LogP contribution < -0.4 is 11.1 Å². The van der Waals surface area contributed by atoms with Crippen molar-refractivity contribution in [2.24, 2.45) is 11.7 Å². The summed E-state index contributed by atoms with van der Waals surface area (Å²) in [5.74, 6) is 0.397. The quantitative estimate of drug-likeness (QED) is 0.911. The highest BCUT2D eigenvalue weighted by atomic mass is 32.1. The number of thiazole rings is 1. The largest absolute Gasteiger partial charge is 0.349 e. The SMILES string of the molecule is Cc1csc(-c2cccc(C(=O)NC3CCCC3CN)c2)n1. The number of nitrogens with two attached hydrogens (primary N) is 1. The van der Waals surface area contributed by atoms with E-state index in [4.69, 9.17) is 5.73 Å². The molecule has 1 aliphatic rings. The molecule has 4 nitrogen and oxygen atoms in total. The minimum atomic E-state index is -0.0134. The van der Waals surface area contributed by atoms with E-state index in [0.29, 0.717) is 18.0 Å². The van der Waals surface area contributed by atoms with E-state index in [9.17, 15) is 4.79 Å². The summed E-state index contributed by atoms with van der Waals surface area (Å²) in [5, 5.41) is 6.12. The number of amides is 1. The Balaban J connectivity index is 1.75. The van der Waals surface area contributed by atoms with Gasteiger partial charge in [-0.1, -0.05) is 18.6 Å². The van der Waals surface area contributed by atoms with Crippen LogP contribution >= 0.6 is 11.3 Å². The normalized spacial score (nSPS) is 21.0. The van der Waals surface area contributed by atoms with E-state index >= 15 is 0 Å². The van der Waals surface area contributed by atoms with Crippen LogP contribution in [-0.4, -0.2) is 23.5 Å². The molecule has 1 saturated carbocycles. The zero-order valence-corrected chi connectivity index (χ0v) is 13.5. The molecule has 1 aliphatic carbocycles. The van der Waals surface area contributed by atoms with Crippen LogP contribution in [0.25, 0.3) is 10.6 Å². The van der Waals surface area contributed by atoms with Crippen molar-refractivity contribution >= 4 is 17.2 Å². The van der Waals surface area contributed by atoms with Crippen LogP contribution in [0.2, 0.25) is 0 Å². The molecule has 2 unspecified atom stereocenters. The second-order valence-corrected chi connectivity index (χ2v) is 6.74. The second-order valence-electron chi connectivity index (χ2n) is 5.88. The van der Waals surface area contributed by atoms with E-state index in [-0.39, 0.29) is 11.9 Å². The Morgan fingerprint density at radius 3 is 3.05 bits per heavy atom. The highest BCUT2D eigenvalue weighted by molar-refractivity contribution is 7.13. The number of rotatable bonds is 4. The molecule has 1 fully saturated rings. The van der Waals surface area contributed by atoms with Crippen LogP contribution in [-0.2, 0) is 0 Å². The number of carbonyl (C=O) groups excluding carboxylic acids is 1. The van der Waals surface area contributed by atoms with Crippen molar-refractivity contribution in [3.63, 3.8) is 0 Å². The van der Waals surface area contributed by atoms with Gasteiger partial charge >= 0.3 is 0 Å². The van der Waals surface area contributed by atoms with E-state index in [1.54, 1.807) is 11.3 Å². The standard InChI is InChI=1S/C17H21N3OS/c1-11-10-22-17(19-11)13-5-2-4-12(8-13)16(21)20-15-7-3-6-14(15)9-18/h2,4-5,8,10,14-15H,3,6-7,9,18H2,1H3,(H,20,21). The molecule has 0 bridgehead atoms. The summed E-state index contributed by atoms with van der Waals surface area (Å²) in [6.45, 7) is 2.62. The zero-order valence-electron chi connectivity index (χ0n) is 12.7. The molecule has 3 N–H and O–H groups in total. The van der Waals surface area contributed by atoms with E-state index < -0.39 is 0 Å². The number of carbonyl (C=O) groups is 1. The number of benzene rings is 1. The fraction of sp³-hybridized carbons (Fsp3) is 0.412. The van der Waals surface area contributed by atoms with Crippen LogP contribution in [0.3, 0.4) is 0 Å². The molecule has 0 spiro atoms. The van der Waals surface area contributed by atoms with Gasteiger partial charge in [0.2, 0.25) is 0 Å². The minimum Gasteiger partial charge on any atom is -0.349 e. The first-order chi connectivity index (χ1) is 10.7. The number of nitrogens with one attached hydrogen (secondary N) is 1. The molecule has 1 aromatic carbocycles. The first kappa shape index (κ1) is 15.2. The van der Waals surface area contributed by atoms with Crippen LogP contribution in [0.4, 0.5) is 0 Å². The lowest BCUT2D eigenvalue weighted by molar-refractivity contribution is 0.0929. The van der Waals surface area contributed by atoms with Gasteiger partial charge in [0.05, 0.1) is 0 Å². The summed E-state index contributed by atoms with van der Waals surface area (Å²) >= 11 is 1.60. The van der Waals surface area contributed by atoms with Gasteiger partial charge in [0, 0.05) is 28.2 Å². The number of aromatic nitrogens is 1. The summed E-state index contributed by atoms with van der Waals surface area (Å²) in [6, 6.07) is 7.89. The van der Waals surface area contributed by atoms with Gasteiger partial charge in [-0.05, 0) is 44.4 Å². The zero-order chi connectivity index (χ0) is 15.5. The molecule has 2 aromatic rings. The Hall–Kier alpha value is -1.72. The van der Waals surface area contributed by atoms with Crippen molar-refractivity contribution in [2.45, 2.75) is 32.2 Å². The predicted octanol–water partition coefficient (Wildman–Crippen LogP) is 2.98. The molecule has 1 amide bonds. The monoisotopic (exact) mass is 315 g/mol. The number of nitrogens with zero attached hydrogens (tertiary/aromatic N) is 1. The van der Waals surface area contributed by atoms with Gasteiger partial charge in [0.1, 0.15) is 5.01 Å². The van der Waals surface area contributed by atoms with E-state index in [0.717, 1.165) is 35.5 Å². The van der Waals surface area contributed by atoms with Crippen LogP contribution in [0.1, 0.15) is 35.3 Å². The number of hydrogen-bond donors (Lipinski definition) is 2. The maximum absolute atomic E-state index is 12.5. The Kier molecular flexibility index (Phi) is 4.55. The molecular weight excluding hydrogens is 294 g/mol. The van der Waals surface area contributed by atoms with Gasteiger partial charge in [-0.2, -0.15) is 0 Å². The van der Waals surface area contributed by atoms with Gasteiger partial charge < -0.3 is 11.1 Å². The third kappa shape index (κ3) is 3.20. The van der Waals surface area contributed by atoms with Crippen LogP contribution in [0, 0.1) is 12.8 Å². The Labute approximate surface area is 134 Å². The lowest BCUT2D eigenvalue weighted by atomic mass is 10.0. The molecule has 0 radical (unpaired) electrons. The smallest absolute Gasteiger partial charge is 0.251 e. The van der Waals surface area contributed by atoms with Crippen LogP contribution in [0.15, 0.2) is 29.6 Å². The Morgan fingerprint density at radius 1 is 1.45 bits per heavy atom. The molecule has 5 heteroatoms. The van der Waals surface area contributed by atoms with E-state index in [1.807, 2.05) is 36.6 Å². The molecule has 1 aromatic heterocycles. The number of hydrogen-bond acceptors (Lipinski definition) is 4. The van der Waals surface area contributed by atoms with Crippen molar-refractivity contribution in [1.82, 2.24) is 10.3 Å². The topological polar surface area (TPSA) is 68.0 Å². The molecule has 116 valence electrons. The highest BCUT2D eigenvalue weighted by Crippen LogP contribution is 2.26. The van der Waals surface area contributed by atoms with Crippen molar-refractivity contribution in [1.29, 1.82) is 0 Å². The first-order valence-electron chi connectivity index (χ1n) is 7.71.